The molecule has 0 aromatic heterocycles. The molecular weight excluding hydrogens is 406 g/mol. The number of morpholine rings is 1. The molecule has 1 aliphatic rings. The minimum Gasteiger partial charge on any atom is -0.380 e. The van der Waals surface area contributed by atoms with Gasteiger partial charge in [0.2, 0.25) is 0 Å². The normalized spacial score (nSPS) is 17.4. The molecule has 0 amide bonds. The van der Waals surface area contributed by atoms with Crippen molar-refractivity contribution < 1.29 is 9.84 Å². The molecule has 1 saturated heterocycles. The van der Waals surface area contributed by atoms with E-state index < -0.39 is 5.60 Å². The number of ether oxygens (including phenoxy) is 1. The number of rotatable bonds is 7. The monoisotopic (exact) mass is 437 g/mol. The number of benzene rings is 3. The van der Waals surface area contributed by atoms with E-state index in [4.69, 9.17) is 4.74 Å². The second-order valence-electron chi connectivity index (χ2n) is 8.06. The lowest BCUT2D eigenvalue weighted by Gasteiger charge is -2.41. The Balaban J connectivity index is 0.00000272. The van der Waals surface area contributed by atoms with Gasteiger partial charge < -0.3 is 9.84 Å². The zero-order chi connectivity index (χ0) is 20.8. The second kappa shape index (κ2) is 10.9. The van der Waals surface area contributed by atoms with Crippen molar-refractivity contribution in [1.29, 1.82) is 0 Å². The molecule has 4 heteroatoms. The highest BCUT2D eigenvalue weighted by Gasteiger charge is 2.42. The van der Waals surface area contributed by atoms with Gasteiger partial charge in [0.05, 0.1) is 13.2 Å². The van der Waals surface area contributed by atoms with Crippen LogP contribution in [0.4, 0.5) is 0 Å². The summed E-state index contributed by atoms with van der Waals surface area (Å²) < 4.78 is 5.56. The van der Waals surface area contributed by atoms with Gasteiger partial charge in [0.15, 0.2) is 0 Å². The van der Waals surface area contributed by atoms with E-state index in [1.165, 1.54) is 5.56 Å². The fourth-order valence-corrected chi connectivity index (χ4v) is 4.46. The number of nitrogens with zero attached hydrogens (tertiary/aromatic N) is 1. The Labute approximate surface area is 192 Å². The predicted octanol–water partition coefficient (Wildman–Crippen LogP) is 5.02. The summed E-state index contributed by atoms with van der Waals surface area (Å²) >= 11 is 0. The quantitative estimate of drug-likeness (QED) is 0.563. The molecule has 2 unspecified atom stereocenters. The van der Waals surface area contributed by atoms with Crippen molar-refractivity contribution in [1.82, 2.24) is 4.90 Å². The van der Waals surface area contributed by atoms with Crippen molar-refractivity contribution in [3.05, 3.63) is 107 Å². The third-order valence-corrected chi connectivity index (χ3v) is 6.27. The first kappa shape index (κ1) is 23.5. The van der Waals surface area contributed by atoms with Gasteiger partial charge >= 0.3 is 0 Å². The first-order chi connectivity index (χ1) is 14.7. The van der Waals surface area contributed by atoms with Gasteiger partial charge in [-0.25, -0.2) is 0 Å². The van der Waals surface area contributed by atoms with Crippen LogP contribution in [0.15, 0.2) is 84.9 Å². The number of aryl methyl sites for hydroxylation is 1. The van der Waals surface area contributed by atoms with E-state index in [2.05, 4.69) is 60.4 Å². The van der Waals surface area contributed by atoms with Crippen molar-refractivity contribution in [2.45, 2.75) is 24.9 Å². The van der Waals surface area contributed by atoms with Crippen LogP contribution in [0.2, 0.25) is 0 Å². The lowest BCUT2D eigenvalue weighted by atomic mass is 9.72. The van der Waals surface area contributed by atoms with Crippen LogP contribution in [-0.2, 0) is 16.8 Å². The van der Waals surface area contributed by atoms with E-state index in [0.717, 1.165) is 56.0 Å². The van der Waals surface area contributed by atoms with Crippen molar-refractivity contribution >= 4 is 12.4 Å². The van der Waals surface area contributed by atoms with E-state index in [0.29, 0.717) is 0 Å². The molecule has 164 valence electrons. The largest absolute Gasteiger partial charge is 0.380 e. The number of halogens is 1. The van der Waals surface area contributed by atoms with Crippen LogP contribution >= 0.6 is 12.4 Å². The molecule has 0 radical (unpaired) electrons. The van der Waals surface area contributed by atoms with Crippen LogP contribution < -0.4 is 0 Å². The van der Waals surface area contributed by atoms with Crippen molar-refractivity contribution in [2.24, 2.45) is 0 Å². The summed E-state index contributed by atoms with van der Waals surface area (Å²) in [5.41, 5.74) is 3.16. The maximum Gasteiger partial charge on any atom is 0.123 e. The predicted molar refractivity (Wildman–Crippen MR) is 129 cm³/mol. The van der Waals surface area contributed by atoms with Gasteiger partial charge in [0, 0.05) is 25.6 Å². The minimum absolute atomic E-state index is 0. The van der Waals surface area contributed by atoms with Crippen molar-refractivity contribution in [3.8, 4) is 0 Å². The SMILES string of the molecule is CCc1ccc(C(O)(c2ccccc2)C(CN2CCOCC2)c2ccccc2)cc1.Cl. The number of hydrogen-bond donors (Lipinski definition) is 1. The fraction of sp³-hybridized carbons (Fsp3) is 0.333. The Kier molecular flexibility index (Phi) is 8.28. The van der Waals surface area contributed by atoms with Gasteiger partial charge in [-0.3, -0.25) is 4.90 Å². The molecule has 2 atom stereocenters. The van der Waals surface area contributed by atoms with E-state index in [-0.39, 0.29) is 18.3 Å². The van der Waals surface area contributed by atoms with E-state index in [1.807, 2.05) is 36.4 Å². The first-order valence-corrected chi connectivity index (χ1v) is 10.9. The standard InChI is InChI=1S/C27H31NO2.ClH/c1-2-22-13-15-25(16-14-22)27(29,24-11-7-4-8-12-24)26(23-9-5-3-6-10-23)21-28-17-19-30-20-18-28;/h3-16,26,29H,2,17-21H2,1H3;1H. The molecule has 31 heavy (non-hydrogen) atoms. The molecule has 0 aliphatic carbocycles. The van der Waals surface area contributed by atoms with E-state index >= 15 is 0 Å². The zero-order valence-corrected chi connectivity index (χ0v) is 18.9. The van der Waals surface area contributed by atoms with Crippen LogP contribution in [0.1, 0.15) is 35.1 Å². The second-order valence-corrected chi connectivity index (χ2v) is 8.06. The highest BCUT2D eigenvalue weighted by atomic mass is 35.5. The van der Waals surface area contributed by atoms with Gasteiger partial charge in [-0.15, -0.1) is 12.4 Å². The average Bonchev–Trinajstić information content (AvgIpc) is 2.84. The summed E-state index contributed by atoms with van der Waals surface area (Å²) in [6.07, 6.45) is 0.986. The highest BCUT2D eigenvalue weighted by molar-refractivity contribution is 5.85. The average molecular weight is 438 g/mol. The summed E-state index contributed by atoms with van der Waals surface area (Å²) in [4.78, 5) is 2.41. The minimum atomic E-state index is -1.13. The Bertz CT molecular complexity index is 911. The molecule has 1 heterocycles. The third kappa shape index (κ3) is 5.19. The van der Waals surface area contributed by atoms with E-state index in [9.17, 15) is 5.11 Å². The number of aliphatic hydroxyl groups is 1. The third-order valence-electron chi connectivity index (χ3n) is 6.27. The Hall–Kier alpha value is -2.17. The maximum atomic E-state index is 12.5. The fourth-order valence-electron chi connectivity index (χ4n) is 4.46. The van der Waals surface area contributed by atoms with Gasteiger partial charge in [-0.1, -0.05) is 91.9 Å². The molecule has 0 saturated carbocycles. The van der Waals surface area contributed by atoms with Gasteiger partial charge in [0.25, 0.3) is 0 Å². The lowest BCUT2D eigenvalue weighted by molar-refractivity contribution is 0.000763. The summed E-state index contributed by atoms with van der Waals surface area (Å²) in [6.45, 7) is 6.21. The lowest BCUT2D eigenvalue weighted by Crippen LogP contribution is -2.45. The Morgan fingerprint density at radius 1 is 0.839 bits per heavy atom. The maximum absolute atomic E-state index is 12.5. The molecule has 1 N–H and O–H groups in total. The molecule has 1 fully saturated rings. The van der Waals surface area contributed by atoms with Crippen LogP contribution in [0.25, 0.3) is 0 Å². The van der Waals surface area contributed by atoms with Gasteiger partial charge in [0.1, 0.15) is 5.60 Å². The number of hydrogen-bond acceptors (Lipinski definition) is 3. The van der Waals surface area contributed by atoms with Crippen molar-refractivity contribution in [2.75, 3.05) is 32.8 Å². The molecule has 1 aliphatic heterocycles. The zero-order valence-electron chi connectivity index (χ0n) is 18.1. The molecule has 4 rings (SSSR count). The molecule has 3 aromatic carbocycles. The van der Waals surface area contributed by atoms with Crippen LogP contribution in [0, 0.1) is 0 Å². The molecule has 0 spiro atoms. The Morgan fingerprint density at radius 2 is 1.39 bits per heavy atom. The topological polar surface area (TPSA) is 32.7 Å². The van der Waals surface area contributed by atoms with Gasteiger partial charge in [-0.2, -0.15) is 0 Å². The summed E-state index contributed by atoms with van der Waals surface area (Å²) in [5, 5.41) is 12.5. The van der Waals surface area contributed by atoms with Crippen LogP contribution in [-0.4, -0.2) is 42.9 Å². The van der Waals surface area contributed by atoms with E-state index in [1.54, 1.807) is 0 Å². The van der Waals surface area contributed by atoms with Crippen LogP contribution in [0.3, 0.4) is 0 Å². The molecular formula is C27H32ClNO2. The molecule has 3 aromatic rings. The summed E-state index contributed by atoms with van der Waals surface area (Å²) in [6, 6.07) is 29.0. The smallest absolute Gasteiger partial charge is 0.123 e. The Morgan fingerprint density at radius 3 is 1.97 bits per heavy atom. The summed E-state index contributed by atoms with van der Waals surface area (Å²) in [7, 11) is 0. The van der Waals surface area contributed by atoms with Gasteiger partial charge in [-0.05, 0) is 28.7 Å². The molecule has 0 bridgehead atoms. The summed E-state index contributed by atoms with van der Waals surface area (Å²) in [5.74, 6) is -0.105. The van der Waals surface area contributed by atoms with Crippen molar-refractivity contribution in [3.63, 3.8) is 0 Å². The first-order valence-electron chi connectivity index (χ1n) is 10.9. The molecule has 3 nitrogen and oxygen atoms in total. The van der Waals surface area contributed by atoms with Crippen LogP contribution in [0.5, 0.6) is 0 Å². The highest BCUT2D eigenvalue weighted by Crippen LogP contribution is 2.43.